The third-order valence-corrected chi connectivity index (χ3v) is 4.57. The molecule has 3 rings (SSSR count). The molecule has 3 aromatic rings. The van der Waals surface area contributed by atoms with Crippen molar-refractivity contribution in [3.63, 3.8) is 0 Å². The van der Waals surface area contributed by atoms with Crippen molar-refractivity contribution >= 4 is 56.8 Å². The normalized spacial score (nSPS) is 11.0. The predicted molar refractivity (Wildman–Crippen MR) is 100 cm³/mol. The van der Waals surface area contributed by atoms with Crippen molar-refractivity contribution < 1.29 is 14.3 Å². The lowest BCUT2D eigenvalue weighted by molar-refractivity contribution is -0.111. The van der Waals surface area contributed by atoms with Crippen LogP contribution in [0.1, 0.15) is 15.4 Å². The molecule has 0 aliphatic heterocycles. The van der Waals surface area contributed by atoms with Crippen molar-refractivity contribution in [2.24, 2.45) is 0 Å². The fourth-order valence-corrected chi connectivity index (χ4v) is 3.23. The molecule has 1 aromatic heterocycles. The van der Waals surface area contributed by atoms with E-state index >= 15 is 0 Å². The van der Waals surface area contributed by atoms with Gasteiger partial charge >= 0.3 is 5.97 Å². The number of nitrogens with one attached hydrogen (secondary N) is 1. The summed E-state index contributed by atoms with van der Waals surface area (Å²) in [6.45, 7) is 0. The summed E-state index contributed by atoms with van der Waals surface area (Å²) in [4.78, 5) is 28.4. The number of halogens is 1. The van der Waals surface area contributed by atoms with Gasteiger partial charge in [0, 0.05) is 11.1 Å². The number of benzene rings is 2. The Hall–Kier alpha value is -2.70. The van der Waals surface area contributed by atoms with Crippen molar-refractivity contribution in [2.75, 3.05) is 12.4 Å². The molecule has 0 saturated heterocycles. The molecular weight excluding hydrogens is 360 g/mol. The number of ether oxygens (including phenoxy) is 1. The summed E-state index contributed by atoms with van der Waals surface area (Å²) in [5.41, 5.74) is 1.41. The Kier molecular flexibility index (Phi) is 5.11. The van der Waals surface area contributed by atoms with Gasteiger partial charge in [-0.15, -0.1) is 11.3 Å². The second kappa shape index (κ2) is 7.46. The lowest BCUT2D eigenvalue weighted by Gasteiger charge is -2.08. The smallest absolute Gasteiger partial charge is 0.340 e. The zero-order valence-electron chi connectivity index (χ0n) is 13.2. The SMILES string of the molecule is COC(=O)c1cc(Cl)ccc1NC(=O)C=Cc1nc2ccccc2s1. The molecule has 0 bridgehead atoms. The fraction of sp³-hybridized carbons (Fsp3) is 0.0556. The van der Waals surface area contributed by atoms with E-state index in [0.29, 0.717) is 10.7 Å². The number of hydrogen-bond acceptors (Lipinski definition) is 5. The van der Waals surface area contributed by atoms with Gasteiger partial charge in [0.2, 0.25) is 5.91 Å². The third-order valence-electron chi connectivity index (χ3n) is 3.33. The lowest BCUT2D eigenvalue weighted by Crippen LogP contribution is -2.13. The van der Waals surface area contributed by atoms with E-state index in [-0.39, 0.29) is 11.5 Å². The van der Waals surface area contributed by atoms with Crippen LogP contribution in [0, 0.1) is 0 Å². The maximum absolute atomic E-state index is 12.1. The zero-order valence-corrected chi connectivity index (χ0v) is 14.7. The molecule has 1 heterocycles. The van der Waals surface area contributed by atoms with Crippen LogP contribution < -0.4 is 5.32 Å². The van der Waals surface area contributed by atoms with Crippen LogP contribution in [0.15, 0.2) is 48.5 Å². The highest BCUT2D eigenvalue weighted by Gasteiger charge is 2.14. The first-order valence-corrected chi connectivity index (χ1v) is 8.49. The van der Waals surface area contributed by atoms with E-state index in [0.717, 1.165) is 15.2 Å². The molecule has 25 heavy (non-hydrogen) atoms. The highest BCUT2D eigenvalue weighted by Crippen LogP contribution is 2.23. The molecule has 126 valence electrons. The van der Waals surface area contributed by atoms with Gasteiger partial charge in [0.25, 0.3) is 0 Å². The Bertz CT molecular complexity index is 948. The quantitative estimate of drug-likeness (QED) is 0.544. The van der Waals surface area contributed by atoms with Gasteiger partial charge in [0.15, 0.2) is 0 Å². The molecule has 2 aromatic carbocycles. The number of nitrogens with zero attached hydrogens (tertiary/aromatic N) is 1. The number of rotatable bonds is 4. The maximum atomic E-state index is 12.1. The van der Waals surface area contributed by atoms with E-state index < -0.39 is 5.97 Å². The van der Waals surface area contributed by atoms with Crippen LogP contribution in [0.3, 0.4) is 0 Å². The molecule has 0 saturated carbocycles. The van der Waals surface area contributed by atoms with Gasteiger partial charge in [-0.2, -0.15) is 0 Å². The van der Waals surface area contributed by atoms with Gasteiger partial charge < -0.3 is 10.1 Å². The summed E-state index contributed by atoms with van der Waals surface area (Å²) < 4.78 is 5.75. The minimum Gasteiger partial charge on any atom is -0.465 e. The molecule has 5 nitrogen and oxygen atoms in total. The topological polar surface area (TPSA) is 68.3 Å². The van der Waals surface area contributed by atoms with E-state index in [9.17, 15) is 9.59 Å². The number of hydrogen-bond donors (Lipinski definition) is 1. The highest BCUT2D eigenvalue weighted by atomic mass is 35.5. The average molecular weight is 373 g/mol. The van der Waals surface area contributed by atoms with Gasteiger partial charge in [-0.1, -0.05) is 23.7 Å². The van der Waals surface area contributed by atoms with Crippen LogP contribution in [0.4, 0.5) is 5.69 Å². The summed E-state index contributed by atoms with van der Waals surface area (Å²) in [5, 5.41) is 3.75. The first kappa shape index (κ1) is 17.1. The van der Waals surface area contributed by atoms with Crippen molar-refractivity contribution in [2.45, 2.75) is 0 Å². The highest BCUT2D eigenvalue weighted by molar-refractivity contribution is 7.19. The number of thiazole rings is 1. The number of aromatic nitrogens is 1. The summed E-state index contributed by atoms with van der Waals surface area (Å²) >= 11 is 7.38. The fourth-order valence-electron chi connectivity index (χ4n) is 2.19. The first-order chi connectivity index (χ1) is 12.1. The first-order valence-electron chi connectivity index (χ1n) is 7.29. The minimum absolute atomic E-state index is 0.191. The van der Waals surface area contributed by atoms with Gasteiger partial charge in [-0.3, -0.25) is 4.79 Å². The van der Waals surface area contributed by atoms with Crippen LogP contribution in [0.5, 0.6) is 0 Å². The lowest BCUT2D eigenvalue weighted by atomic mass is 10.1. The second-order valence-electron chi connectivity index (χ2n) is 5.02. The Morgan fingerprint density at radius 3 is 2.80 bits per heavy atom. The van der Waals surface area contributed by atoms with E-state index in [1.807, 2.05) is 24.3 Å². The van der Waals surface area contributed by atoms with E-state index in [4.69, 9.17) is 16.3 Å². The second-order valence-corrected chi connectivity index (χ2v) is 6.52. The molecular formula is C18H13ClN2O3S. The standard InChI is InChI=1S/C18H13ClN2O3S/c1-24-18(23)12-10-11(19)6-7-13(12)20-16(22)8-9-17-21-14-4-2-3-5-15(14)25-17/h2-10H,1H3,(H,20,22). The number of carbonyl (C=O) groups excluding carboxylic acids is 2. The van der Waals surface area contributed by atoms with Crippen LogP contribution >= 0.6 is 22.9 Å². The van der Waals surface area contributed by atoms with Crippen LogP contribution in [-0.2, 0) is 9.53 Å². The van der Waals surface area contributed by atoms with Gasteiger partial charge in [-0.25, -0.2) is 9.78 Å². The molecule has 0 aliphatic carbocycles. The molecule has 0 fully saturated rings. The molecule has 1 N–H and O–H groups in total. The third kappa shape index (κ3) is 4.04. The Morgan fingerprint density at radius 2 is 2.04 bits per heavy atom. The van der Waals surface area contributed by atoms with Gasteiger partial charge in [-0.05, 0) is 36.4 Å². The molecule has 1 amide bonds. The summed E-state index contributed by atoms with van der Waals surface area (Å²) in [6, 6.07) is 12.3. The van der Waals surface area contributed by atoms with Crippen molar-refractivity contribution in [3.05, 3.63) is 64.1 Å². The zero-order chi connectivity index (χ0) is 17.8. The number of methoxy groups -OCH3 is 1. The van der Waals surface area contributed by atoms with Gasteiger partial charge in [0.05, 0.1) is 28.6 Å². The average Bonchev–Trinajstić information content (AvgIpc) is 3.04. The molecule has 0 aliphatic rings. The molecule has 7 heteroatoms. The van der Waals surface area contributed by atoms with Crippen LogP contribution in [0.2, 0.25) is 5.02 Å². The monoisotopic (exact) mass is 372 g/mol. The number of fused-ring (bicyclic) bond motifs is 1. The molecule has 0 radical (unpaired) electrons. The number of para-hydroxylation sites is 1. The number of anilines is 1. The number of carbonyl (C=O) groups is 2. The molecule has 0 unspecified atom stereocenters. The van der Waals surface area contributed by atoms with Crippen molar-refractivity contribution in [1.29, 1.82) is 0 Å². The Morgan fingerprint density at radius 1 is 1.24 bits per heavy atom. The largest absolute Gasteiger partial charge is 0.465 e. The van der Waals surface area contributed by atoms with E-state index in [1.54, 1.807) is 18.2 Å². The van der Waals surface area contributed by atoms with Crippen LogP contribution in [-0.4, -0.2) is 24.0 Å². The molecule has 0 atom stereocenters. The summed E-state index contributed by atoms with van der Waals surface area (Å²) in [7, 11) is 1.27. The summed E-state index contributed by atoms with van der Waals surface area (Å²) in [5.74, 6) is -0.959. The number of amides is 1. The molecule has 0 spiro atoms. The Labute approximate surface area is 152 Å². The van der Waals surface area contributed by atoms with Crippen molar-refractivity contribution in [1.82, 2.24) is 4.98 Å². The predicted octanol–water partition coefficient (Wildman–Crippen LogP) is 4.39. The van der Waals surface area contributed by atoms with E-state index in [1.165, 1.54) is 30.6 Å². The minimum atomic E-state index is -0.576. The number of esters is 1. The van der Waals surface area contributed by atoms with Gasteiger partial charge in [0.1, 0.15) is 5.01 Å². The Balaban J connectivity index is 1.77. The van der Waals surface area contributed by atoms with E-state index in [2.05, 4.69) is 10.3 Å². The van der Waals surface area contributed by atoms with Crippen molar-refractivity contribution in [3.8, 4) is 0 Å². The maximum Gasteiger partial charge on any atom is 0.340 e. The summed E-state index contributed by atoms with van der Waals surface area (Å²) in [6.07, 6.45) is 3.00. The van der Waals surface area contributed by atoms with Crippen LogP contribution in [0.25, 0.3) is 16.3 Å².